The van der Waals surface area contributed by atoms with E-state index in [9.17, 15) is 14.3 Å². The summed E-state index contributed by atoms with van der Waals surface area (Å²) in [7, 11) is 2.81. The number of carbonyl (C=O) groups is 1. The van der Waals surface area contributed by atoms with E-state index in [-0.39, 0.29) is 12.5 Å². The highest BCUT2D eigenvalue weighted by Gasteiger charge is 2.48. The van der Waals surface area contributed by atoms with Gasteiger partial charge in [0, 0.05) is 24.1 Å². The first kappa shape index (κ1) is 15.7. The zero-order valence-corrected chi connectivity index (χ0v) is 12.4. The normalized spacial score (nSPS) is 28.4. The van der Waals surface area contributed by atoms with Crippen molar-refractivity contribution in [2.45, 2.75) is 24.9 Å². The fourth-order valence-corrected chi connectivity index (χ4v) is 2.92. The summed E-state index contributed by atoms with van der Waals surface area (Å²) in [4.78, 5) is 11.9. The van der Waals surface area contributed by atoms with Gasteiger partial charge in [-0.3, -0.25) is 10.1 Å². The van der Waals surface area contributed by atoms with Crippen LogP contribution in [0.25, 0.3) is 0 Å². The minimum Gasteiger partial charge on any atom is -0.497 e. The maximum absolute atomic E-state index is 14.1. The van der Waals surface area contributed by atoms with Crippen molar-refractivity contribution in [3.05, 3.63) is 29.6 Å². The molecule has 2 rings (SSSR count). The highest BCUT2D eigenvalue weighted by atomic mass is 19.1. The fourth-order valence-electron chi connectivity index (χ4n) is 2.92. The number of hydrogen-bond donors (Lipinski definition) is 2. The number of esters is 1. The number of halogens is 1. The molecule has 1 aliphatic rings. The van der Waals surface area contributed by atoms with E-state index in [1.165, 1.54) is 26.4 Å². The molecule has 1 aliphatic heterocycles. The quantitative estimate of drug-likeness (QED) is 0.823. The second kappa shape index (κ2) is 5.99. The topological polar surface area (TPSA) is 67.8 Å². The summed E-state index contributed by atoms with van der Waals surface area (Å²) in [6.07, 6.45) is 0.373. The van der Waals surface area contributed by atoms with Crippen LogP contribution >= 0.6 is 0 Å². The van der Waals surface area contributed by atoms with Crippen LogP contribution in [0.2, 0.25) is 0 Å². The molecule has 1 fully saturated rings. The van der Waals surface area contributed by atoms with Crippen molar-refractivity contribution in [3.8, 4) is 5.75 Å². The molecule has 0 radical (unpaired) electrons. The van der Waals surface area contributed by atoms with Crippen molar-refractivity contribution < 1.29 is 23.8 Å². The highest BCUT2D eigenvalue weighted by Crippen LogP contribution is 2.40. The predicted molar refractivity (Wildman–Crippen MR) is 74.4 cm³/mol. The van der Waals surface area contributed by atoms with E-state index >= 15 is 0 Å². The molecule has 6 heteroatoms. The van der Waals surface area contributed by atoms with Crippen LogP contribution in [0.5, 0.6) is 5.75 Å². The molecule has 0 unspecified atom stereocenters. The molecular formula is C15H20FNO4. The number of nitrogens with one attached hydrogen (secondary N) is 1. The van der Waals surface area contributed by atoms with Gasteiger partial charge >= 0.3 is 5.97 Å². The second-order valence-electron chi connectivity index (χ2n) is 5.48. The van der Waals surface area contributed by atoms with Crippen molar-refractivity contribution in [2.75, 3.05) is 20.8 Å². The summed E-state index contributed by atoms with van der Waals surface area (Å²) >= 11 is 0. The summed E-state index contributed by atoms with van der Waals surface area (Å²) < 4.78 is 24.0. The SMILES string of the molecule is COC(=O)[C@]1(C)C[C@H](CO)[C@H](c2cc(OC)ccc2F)N1. The second-order valence-corrected chi connectivity index (χ2v) is 5.48. The molecule has 0 bridgehead atoms. The predicted octanol–water partition coefficient (Wildman–Crippen LogP) is 1.41. The van der Waals surface area contributed by atoms with Crippen LogP contribution < -0.4 is 10.1 Å². The van der Waals surface area contributed by atoms with Gasteiger partial charge in [0.1, 0.15) is 17.1 Å². The summed E-state index contributed by atoms with van der Waals surface area (Å²) in [6.45, 7) is 1.54. The van der Waals surface area contributed by atoms with E-state index in [1.807, 2.05) is 0 Å². The largest absolute Gasteiger partial charge is 0.497 e. The lowest BCUT2D eigenvalue weighted by Crippen LogP contribution is -2.46. The Labute approximate surface area is 123 Å². The Bertz CT molecular complexity index is 536. The van der Waals surface area contributed by atoms with E-state index in [1.54, 1.807) is 13.0 Å². The summed E-state index contributed by atoms with van der Waals surface area (Å²) in [5.74, 6) is -0.583. The number of aliphatic hydroxyl groups excluding tert-OH is 1. The molecule has 1 heterocycles. The van der Waals surface area contributed by atoms with Crippen LogP contribution in [0, 0.1) is 11.7 Å². The summed E-state index contributed by atoms with van der Waals surface area (Å²) in [6, 6.07) is 3.95. The van der Waals surface area contributed by atoms with Crippen molar-refractivity contribution in [1.29, 1.82) is 0 Å². The van der Waals surface area contributed by atoms with Gasteiger partial charge in [-0.1, -0.05) is 0 Å². The van der Waals surface area contributed by atoms with Crippen molar-refractivity contribution >= 4 is 5.97 Å². The molecular weight excluding hydrogens is 277 g/mol. The number of benzene rings is 1. The molecule has 5 nitrogen and oxygen atoms in total. The average molecular weight is 297 g/mol. The molecule has 1 aromatic rings. The first-order valence-corrected chi connectivity index (χ1v) is 6.75. The van der Waals surface area contributed by atoms with E-state index in [2.05, 4.69) is 5.32 Å². The Morgan fingerprint density at radius 1 is 1.52 bits per heavy atom. The third-order valence-corrected chi connectivity index (χ3v) is 4.02. The van der Waals surface area contributed by atoms with Gasteiger partial charge < -0.3 is 14.6 Å². The Morgan fingerprint density at radius 2 is 2.24 bits per heavy atom. The van der Waals surface area contributed by atoms with Crippen LogP contribution in [-0.4, -0.2) is 37.4 Å². The third kappa shape index (κ3) is 2.87. The van der Waals surface area contributed by atoms with Crippen molar-refractivity contribution in [1.82, 2.24) is 5.32 Å². The third-order valence-electron chi connectivity index (χ3n) is 4.02. The average Bonchev–Trinajstić information content (AvgIpc) is 2.85. The van der Waals surface area contributed by atoms with Crippen LogP contribution in [0.4, 0.5) is 4.39 Å². The van der Waals surface area contributed by atoms with Gasteiger partial charge in [0.05, 0.1) is 14.2 Å². The van der Waals surface area contributed by atoms with E-state index in [0.29, 0.717) is 17.7 Å². The molecule has 0 aliphatic carbocycles. The number of aliphatic hydroxyl groups is 1. The maximum Gasteiger partial charge on any atom is 0.325 e. The van der Waals surface area contributed by atoms with Crippen molar-refractivity contribution in [2.24, 2.45) is 5.92 Å². The lowest BCUT2D eigenvalue weighted by atomic mass is 9.90. The van der Waals surface area contributed by atoms with Gasteiger partial charge in [-0.2, -0.15) is 0 Å². The monoisotopic (exact) mass is 297 g/mol. The molecule has 0 spiro atoms. The summed E-state index contributed by atoms with van der Waals surface area (Å²) in [5, 5.41) is 12.7. The molecule has 0 saturated carbocycles. The molecule has 3 atom stereocenters. The lowest BCUT2D eigenvalue weighted by molar-refractivity contribution is -0.147. The van der Waals surface area contributed by atoms with Gasteiger partial charge in [0.15, 0.2) is 0 Å². The van der Waals surface area contributed by atoms with Gasteiger partial charge in [0.25, 0.3) is 0 Å². The van der Waals surface area contributed by atoms with Gasteiger partial charge in [0.2, 0.25) is 0 Å². The minimum atomic E-state index is -0.942. The minimum absolute atomic E-state index is 0.152. The number of hydrogen-bond acceptors (Lipinski definition) is 5. The van der Waals surface area contributed by atoms with Crippen molar-refractivity contribution in [3.63, 3.8) is 0 Å². The van der Waals surface area contributed by atoms with Gasteiger partial charge in [-0.15, -0.1) is 0 Å². The Hall–Kier alpha value is -1.66. The van der Waals surface area contributed by atoms with Crippen LogP contribution in [-0.2, 0) is 9.53 Å². The van der Waals surface area contributed by atoms with E-state index in [0.717, 1.165) is 0 Å². The number of ether oxygens (including phenoxy) is 2. The lowest BCUT2D eigenvalue weighted by Gasteiger charge is -2.23. The van der Waals surface area contributed by atoms with Crippen LogP contribution in [0.1, 0.15) is 24.9 Å². The number of methoxy groups -OCH3 is 2. The van der Waals surface area contributed by atoms with Gasteiger partial charge in [-0.25, -0.2) is 4.39 Å². The van der Waals surface area contributed by atoms with Gasteiger partial charge in [-0.05, 0) is 31.5 Å². The number of rotatable bonds is 4. The van der Waals surface area contributed by atoms with E-state index < -0.39 is 23.4 Å². The number of carbonyl (C=O) groups excluding carboxylic acids is 1. The summed E-state index contributed by atoms with van der Waals surface area (Å²) in [5.41, 5.74) is -0.566. The molecule has 1 saturated heterocycles. The molecule has 2 N–H and O–H groups in total. The molecule has 0 aromatic heterocycles. The first-order chi connectivity index (χ1) is 9.95. The Kier molecular flexibility index (Phi) is 4.49. The molecule has 21 heavy (non-hydrogen) atoms. The van der Waals surface area contributed by atoms with Crippen LogP contribution in [0.3, 0.4) is 0 Å². The standard InChI is InChI=1S/C15H20FNO4/c1-15(14(19)21-3)7-9(8-18)13(17-15)11-6-10(20-2)4-5-12(11)16/h4-6,9,13,17-18H,7-8H2,1-3H3/t9-,13-,15+/m1/s1. The smallest absolute Gasteiger partial charge is 0.325 e. The molecule has 1 aromatic carbocycles. The Morgan fingerprint density at radius 3 is 2.81 bits per heavy atom. The van der Waals surface area contributed by atoms with E-state index in [4.69, 9.17) is 9.47 Å². The Balaban J connectivity index is 2.36. The first-order valence-electron chi connectivity index (χ1n) is 6.75. The highest BCUT2D eigenvalue weighted by molar-refractivity contribution is 5.81. The maximum atomic E-state index is 14.1. The zero-order valence-electron chi connectivity index (χ0n) is 12.4. The van der Waals surface area contributed by atoms with Crippen LogP contribution in [0.15, 0.2) is 18.2 Å². The molecule has 0 amide bonds. The fraction of sp³-hybridized carbons (Fsp3) is 0.533. The zero-order chi connectivity index (χ0) is 15.6. The molecule has 116 valence electrons.